The van der Waals surface area contributed by atoms with Gasteiger partial charge in [0.15, 0.2) is 5.96 Å². The van der Waals surface area contributed by atoms with E-state index in [1.54, 1.807) is 4.90 Å². The van der Waals surface area contributed by atoms with Crippen molar-refractivity contribution in [3.63, 3.8) is 0 Å². The number of rotatable bonds is 7. The lowest BCUT2D eigenvalue weighted by Crippen LogP contribution is -2.50. The average molecular weight is 510 g/mol. The van der Waals surface area contributed by atoms with E-state index in [-0.39, 0.29) is 30.1 Å². The molecule has 8 nitrogen and oxygen atoms in total. The Hall–Kier alpha value is -0.810. The third-order valence-electron chi connectivity index (χ3n) is 5.30. The molecule has 1 amide bonds. The number of likely N-dealkylation sites (tertiary alicyclic amines) is 1. The molecule has 164 valence electrons. The number of amides is 1. The minimum atomic E-state index is -0.195. The van der Waals surface area contributed by atoms with E-state index in [2.05, 4.69) is 34.3 Å². The summed E-state index contributed by atoms with van der Waals surface area (Å²) in [7, 11) is 0. The minimum Gasteiger partial charge on any atom is -0.450 e. The van der Waals surface area contributed by atoms with Gasteiger partial charge in [0.1, 0.15) is 0 Å². The molecule has 0 saturated carbocycles. The van der Waals surface area contributed by atoms with Gasteiger partial charge in [0.05, 0.1) is 13.2 Å². The number of nitrogens with one attached hydrogen (secondary N) is 2. The molecule has 0 radical (unpaired) electrons. The summed E-state index contributed by atoms with van der Waals surface area (Å²) in [6.45, 7) is 16.5. The second-order valence-corrected chi connectivity index (χ2v) is 7.14. The van der Waals surface area contributed by atoms with Gasteiger partial charge in [-0.15, -0.1) is 24.0 Å². The molecule has 0 aromatic heterocycles. The molecule has 9 heteroatoms. The van der Waals surface area contributed by atoms with Crippen molar-refractivity contribution < 1.29 is 9.53 Å². The molecule has 2 rings (SSSR count). The number of ether oxygens (including phenoxy) is 1. The first kappa shape index (κ1) is 25.2. The number of hydrogen-bond acceptors (Lipinski definition) is 5. The number of carbonyl (C=O) groups excluding carboxylic acids is 1. The van der Waals surface area contributed by atoms with Crippen molar-refractivity contribution in [2.24, 2.45) is 4.99 Å². The molecule has 0 bridgehead atoms. The Labute approximate surface area is 187 Å². The number of piperidine rings is 1. The highest BCUT2D eigenvalue weighted by Gasteiger charge is 2.24. The summed E-state index contributed by atoms with van der Waals surface area (Å²) >= 11 is 0. The van der Waals surface area contributed by atoms with Gasteiger partial charge in [-0.05, 0) is 33.2 Å². The van der Waals surface area contributed by atoms with Gasteiger partial charge >= 0.3 is 6.09 Å². The fourth-order valence-corrected chi connectivity index (χ4v) is 3.57. The van der Waals surface area contributed by atoms with Crippen molar-refractivity contribution in [3.05, 3.63) is 0 Å². The molecule has 2 fully saturated rings. The number of nitrogens with zero attached hydrogens (tertiary/aromatic N) is 4. The van der Waals surface area contributed by atoms with Gasteiger partial charge in [-0.3, -0.25) is 9.89 Å². The molecule has 0 spiro atoms. The molecular formula is C19H39IN6O2. The first-order valence-corrected chi connectivity index (χ1v) is 10.6. The van der Waals surface area contributed by atoms with Crippen molar-refractivity contribution in [2.75, 3.05) is 72.1 Å². The molecule has 28 heavy (non-hydrogen) atoms. The molecule has 0 atom stereocenters. The van der Waals surface area contributed by atoms with Crippen molar-refractivity contribution in [1.82, 2.24) is 25.3 Å². The van der Waals surface area contributed by atoms with Crippen LogP contribution in [0.4, 0.5) is 4.79 Å². The van der Waals surface area contributed by atoms with Gasteiger partial charge in [0.25, 0.3) is 0 Å². The normalized spacial score (nSPS) is 19.8. The SMILES string of the molecule is CCNC(=NCCN1CCN(CC)CC1)NC1CCN(C(=O)OCC)CC1.I. The number of guanidine groups is 1. The number of piperazine rings is 1. The van der Waals surface area contributed by atoms with Crippen LogP contribution in [0.15, 0.2) is 4.99 Å². The van der Waals surface area contributed by atoms with E-state index in [1.165, 1.54) is 0 Å². The Balaban J connectivity index is 0.00000392. The molecular weight excluding hydrogens is 471 g/mol. The molecule has 0 unspecified atom stereocenters. The first-order valence-electron chi connectivity index (χ1n) is 10.6. The van der Waals surface area contributed by atoms with Crippen LogP contribution in [0, 0.1) is 0 Å². The van der Waals surface area contributed by atoms with Crippen LogP contribution < -0.4 is 10.6 Å². The molecule has 0 aromatic carbocycles. The summed E-state index contributed by atoms with van der Waals surface area (Å²) in [6, 6.07) is 0.349. The van der Waals surface area contributed by atoms with Crippen LogP contribution in [0.5, 0.6) is 0 Å². The van der Waals surface area contributed by atoms with Crippen LogP contribution >= 0.6 is 24.0 Å². The Bertz CT molecular complexity index is 463. The van der Waals surface area contributed by atoms with Crippen LogP contribution in [0.25, 0.3) is 0 Å². The summed E-state index contributed by atoms with van der Waals surface area (Å²) in [6.07, 6.45) is 1.64. The first-order chi connectivity index (χ1) is 13.2. The second-order valence-electron chi connectivity index (χ2n) is 7.14. The average Bonchev–Trinajstić information content (AvgIpc) is 2.69. The highest BCUT2D eigenvalue weighted by molar-refractivity contribution is 14.0. The van der Waals surface area contributed by atoms with Crippen molar-refractivity contribution in [2.45, 2.75) is 39.7 Å². The zero-order valence-electron chi connectivity index (χ0n) is 17.8. The van der Waals surface area contributed by atoms with Crippen molar-refractivity contribution >= 4 is 36.0 Å². The van der Waals surface area contributed by atoms with Gasteiger partial charge in [0.2, 0.25) is 0 Å². The van der Waals surface area contributed by atoms with Gasteiger partial charge in [0, 0.05) is 58.4 Å². The van der Waals surface area contributed by atoms with E-state index in [9.17, 15) is 4.79 Å². The Morgan fingerprint density at radius 1 is 1.04 bits per heavy atom. The lowest BCUT2D eigenvalue weighted by molar-refractivity contribution is 0.0963. The van der Waals surface area contributed by atoms with E-state index in [4.69, 9.17) is 9.73 Å². The maximum absolute atomic E-state index is 11.8. The fraction of sp³-hybridized carbons (Fsp3) is 0.895. The van der Waals surface area contributed by atoms with Crippen LogP contribution in [-0.4, -0.2) is 105 Å². The maximum atomic E-state index is 11.8. The van der Waals surface area contributed by atoms with E-state index < -0.39 is 0 Å². The van der Waals surface area contributed by atoms with Gasteiger partial charge in [-0.1, -0.05) is 6.92 Å². The largest absolute Gasteiger partial charge is 0.450 e. The zero-order valence-corrected chi connectivity index (χ0v) is 20.1. The van der Waals surface area contributed by atoms with Crippen molar-refractivity contribution in [1.29, 1.82) is 0 Å². The van der Waals surface area contributed by atoms with Crippen LogP contribution in [-0.2, 0) is 4.74 Å². The molecule has 2 heterocycles. The molecule has 2 N–H and O–H groups in total. The lowest BCUT2D eigenvalue weighted by Gasteiger charge is -2.34. The summed E-state index contributed by atoms with van der Waals surface area (Å²) in [5, 5.41) is 6.88. The van der Waals surface area contributed by atoms with Crippen LogP contribution in [0.1, 0.15) is 33.6 Å². The van der Waals surface area contributed by atoms with Gasteiger partial charge in [-0.25, -0.2) is 4.79 Å². The number of hydrogen-bond donors (Lipinski definition) is 2. The summed E-state index contributed by atoms with van der Waals surface area (Å²) in [4.78, 5) is 23.3. The monoisotopic (exact) mass is 510 g/mol. The summed E-state index contributed by atoms with van der Waals surface area (Å²) in [5.74, 6) is 0.888. The van der Waals surface area contributed by atoms with Crippen LogP contribution in [0.2, 0.25) is 0 Å². The predicted molar refractivity (Wildman–Crippen MR) is 125 cm³/mol. The fourth-order valence-electron chi connectivity index (χ4n) is 3.57. The predicted octanol–water partition coefficient (Wildman–Crippen LogP) is 1.42. The highest BCUT2D eigenvalue weighted by Crippen LogP contribution is 2.11. The molecule has 2 saturated heterocycles. The quantitative estimate of drug-likeness (QED) is 0.307. The van der Waals surface area contributed by atoms with E-state index in [1.807, 2.05) is 6.92 Å². The Morgan fingerprint density at radius 2 is 1.68 bits per heavy atom. The summed E-state index contributed by atoms with van der Waals surface area (Å²) in [5.41, 5.74) is 0. The highest BCUT2D eigenvalue weighted by atomic mass is 127. The molecule has 0 aromatic rings. The Kier molecular flexibility index (Phi) is 12.8. The summed E-state index contributed by atoms with van der Waals surface area (Å²) < 4.78 is 5.08. The zero-order chi connectivity index (χ0) is 19.5. The lowest BCUT2D eigenvalue weighted by atomic mass is 10.1. The topological polar surface area (TPSA) is 72.4 Å². The second kappa shape index (κ2) is 14.2. The minimum absolute atomic E-state index is 0. The third-order valence-corrected chi connectivity index (χ3v) is 5.30. The number of carbonyl (C=O) groups is 1. The van der Waals surface area contributed by atoms with E-state index >= 15 is 0 Å². The number of halogens is 1. The third kappa shape index (κ3) is 8.69. The molecule has 2 aliphatic rings. The smallest absolute Gasteiger partial charge is 0.409 e. The molecule has 2 aliphatic heterocycles. The number of likely N-dealkylation sites (N-methyl/N-ethyl adjacent to an activating group) is 1. The standard InChI is InChI=1S/C19H38N6O2.HI/c1-4-20-18(21-9-12-24-15-13-23(5-2)14-16-24)22-17-7-10-25(11-8-17)19(26)27-6-3;/h17H,4-16H2,1-3H3,(H2,20,21,22);1H. The van der Waals surface area contributed by atoms with E-state index in [0.717, 1.165) is 84.2 Å². The number of aliphatic imine (C=N–C) groups is 1. The van der Waals surface area contributed by atoms with Crippen molar-refractivity contribution in [3.8, 4) is 0 Å². The maximum Gasteiger partial charge on any atom is 0.409 e. The molecule has 0 aliphatic carbocycles. The van der Waals surface area contributed by atoms with Gasteiger partial charge < -0.3 is 25.2 Å². The Morgan fingerprint density at radius 3 is 2.25 bits per heavy atom. The van der Waals surface area contributed by atoms with Gasteiger partial charge in [-0.2, -0.15) is 0 Å². The van der Waals surface area contributed by atoms with E-state index in [0.29, 0.717) is 12.6 Å². The van der Waals surface area contributed by atoms with Crippen LogP contribution in [0.3, 0.4) is 0 Å².